The van der Waals surface area contributed by atoms with E-state index < -0.39 is 0 Å². The number of fused-ring (bicyclic) bond motifs is 1. The van der Waals surface area contributed by atoms with Gasteiger partial charge in [0, 0.05) is 9.61 Å². The smallest absolute Gasteiger partial charge is 0.124 e. The number of nitrogens with two attached hydrogens (primary N) is 1. The van der Waals surface area contributed by atoms with Crippen molar-refractivity contribution in [3.05, 3.63) is 68.5 Å². The summed E-state index contributed by atoms with van der Waals surface area (Å²) < 4.78 is 14.0. The molecule has 19 heavy (non-hydrogen) atoms. The molecule has 3 heteroatoms. The summed E-state index contributed by atoms with van der Waals surface area (Å²) in [6, 6.07) is 13.4. The molecule has 0 fully saturated rings. The van der Waals surface area contributed by atoms with Crippen LogP contribution in [0.25, 0.3) is 0 Å². The molecular formula is C16H15FIN. The summed E-state index contributed by atoms with van der Waals surface area (Å²) in [7, 11) is 0. The van der Waals surface area contributed by atoms with Gasteiger partial charge in [-0.2, -0.15) is 0 Å². The van der Waals surface area contributed by atoms with E-state index in [1.54, 1.807) is 6.07 Å². The van der Waals surface area contributed by atoms with Gasteiger partial charge in [-0.1, -0.05) is 30.3 Å². The van der Waals surface area contributed by atoms with Crippen LogP contribution in [0.3, 0.4) is 0 Å². The molecule has 0 aliphatic heterocycles. The average Bonchev–Trinajstić information content (AvgIpc) is 2.35. The fourth-order valence-corrected chi connectivity index (χ4v) is 3.69. The summed E-state index contributed by atoms with van der Waals surface area (Å²) in [6.45, 7) is 0. The van der Waals surface area contributed by atoms with Crippen molar-refractivity contribution in [3.63, 3.8) is 0 Å². The highest BCUT2D eigenvalue weighted by Crippen LogP contribution is 2.40. The lowest BCUT2D eigenvalue weighted by Gasteiger charge is -2.32. The van der Waals surface area contributed by atoms with Gasteiger partial charge in [-0.05, 0) is 70.2 Å². The molecule has 1 aliphatic carbocycles. The Hall–Kier alpha value is -0.940. The number of hydrogen-bond donors (Lipinski definition) is 1. The molecule has 0 saturated carbocycles. The minimum absolute atomic E-state index is 0.0224. The molecule has 2 aromatic rings. The summed E-state index contributed by atoms with van der Waals surface area (Å²) in [5.41, 5.74) is 10.2. The highest BCUT2D eigenvalue weighted by molar-refractivity contribution is 14.1. The molecule has 0 bridgehead atoms. The highest BCUT2D eigenvalue weighted by atomic mass is 127. The first-order chi connectivity index (χ1) is 9.15. The fourth-order valence-electron chi connectivity index (χ4n) is 2.81. The van der Waals surface area contributed by atoms with E-state index in [1.165, 1.54) is 17.2 Å². The predicted octanol–water partition coefficient (Wildman–Crippen LogP) is 4.16. The lowest BCUT2D eigenvalue weighted by Crippen LogP contribution is -2.23. The number of rotatable bonds is 3. The van der Waals surface area contributed by atoms with Gasteiger partial charge in [-0.3, -0.25) is 0 Å². The summed E-state index contributed by atoms with van der Waals surface area (Å²) >= 11 is 2.16. The fraction of sp³-hybridized carbons (Fsp3) is 0.250. The molecule has 0 amide bonds. The van der Waals surface area contributed by atoms with Gasteiger partial charge in [0.15, 0.2) is 0 Å². The van der Waals surface area contributed by atoms with Crippen molar-refractivity contribution in [2.75, 3.05) is 0 Å². The molecule has 1 aliphatic rings. The van der Waals surface area contributed by atoms with Crippen molar-refractivity contribution >= 4 is 22.6 Å². The quantitative estimate of drug-likeness (QED) is 0.811. The molecule has 0 saturated heterocycles. The molecule has 98 valence electrons. The van der Waals surface area contributed by atoms with Crippen molar-refractivity contribution in [1.29, 1.82) is 0 Å². The SMILES string of the molecule is NC(CC1Cc2ccccc21)c1ccc(F)cc1I. The lowest BCUT2D eigenvalue weighted by atomic mass is 9.74. The van der Waals surface area contributed by atoms with E-state index in [2.05, 4.69) is 46.9 Å². The molecular weight excluding hydrogens is 352 g/mol. The Morgan fingerprint density at radius 3 is 2.79 bits per heavy atom. The van der Waals surface area contributed by atoms with Crippen molar-refractivity contribution in [3.8, 4) is 0 Å². The summed E-state index contributed by atoms with van der Waals surface area (Å²) in [6.07, 6.45) is 2.04. The first-order valence-corrected chi connectivity index (χ1v) is 7.51. The number of halogens is 2. The topological polar surface area (TPSA) is 26.0 Å². The minimum Gasteiger partial charge on any atom is -0.324 e. The van der Waals surface area contributed by atoms with E-state index in [0.29, 0.717) is 5.92 Å². The normalized spacial score (nSPS) is 18.6. The first-order valence-electron chi connectivity index (χ1n) is 6.43. The van der Waals surface area contributed by atoms with Crippen LogP contribution in [0, 0.1) is 9.39 Å². The molecule has 1 nitrogen and oxygen atoms in total. The van der Waals surface area contributed by atoms with Crippen LogP contribution in [-0.4, -0.2) is 0 Å². The van der Waals surface area contributed by atoms with Crippen LogP contribution < -0.4 is 5.73 Å². The standard InChI is InChI=1S/C16H15FIN/c17-12-5-6-14(15(18)9-12)16(19)8-11-7-10-3-1-2-4-13(10)11/h1-6,9,11,16H,7-8,19H2. The van der Waals surface area contributed by atoms with Crippen LogP contribution in [-0.2, 0) is 6.42 Å². The second-order valence-corrected chi connectivity index (χ2v) is 6.27. The predicted molar refractivity (Wildman–Crippen MR) is 83.5 cm³/mol. The van der Waals surface area contributed by atoms with Gasteiger partial charge in [0.25, 0.3) is 0 Å². The van der Waals surface area contributed by atoms with E-state index in [1.807, 2.05) is 6.07 Å². The Kier molecular flexibility index (Phi) is 3.58. The monoisotopic (exact) mass is 367 g/mol. The van der Waals surface area contributed by atoms with Crippen molar-refractivity contribution < 1.29 is 4.39 Å². The van der Waals surface area contributed by atoms with Crippen LogP contribution >= 0.6 is 22.6 Å². The highest BCUT2D eigenvalue weighted by Gasteiger charge is 2.27. The van der Waals surface area contributed by atoms with Crippen molar-refractivity contribution in [1.82, 2.24) is 0 Å². The van der Waals surface area contributed by atoms with Gasteiger partial charge < -0.3 is 5.73 Å². The van der Waals surface area contributed by atoms with Gasteiger partial charge in [-0.25, -0.2) is 4.39 Å². The lowest BCUT2D eigenvalue weighted by molar-refractivity contribution is 0.496. The number of benzene rings is 2. The molecule has 2 aromatic carbocycles. The first kappa shape index (κ1) is 13.1. The van der Waals surface area contributed by atoms with E-state index in [-0.39, 0.29) is 11.9 Å². The third kappa shape index (κ3) is 2.54. The molecule has 0 spiro atoms. The van der Waals surface area contributed by atoms with Crippen LogP contribution in [0.2, 0.25) is 0 Å². The number of hydrogen-bond acceptors (Lipinski definition) is 1. The van der Waals surface area contributed by atoms with Gasteiger partial charge in [-0.15, -0.1) is 0 Å². The summed E-state index contributed by atoms with van der Waals surface area (Å²) in [5.74, 6) is 0.349. The van der Waals surface area contributed by atoms with E-state index >= 15 is 0 Å². The zero-order valence-corrected chi connectivity index (χ0v) is 12.6. The molecule has 2 atom stereocenters. The molecule has 0 heterocycles. The Balaban J connectivity index is 1.75. The molecule has 2 unspecified atom stereocenters. The van der Waals surface area contributed by atoms with Gasteiger partial charge >= 0.3 is 0 Å². The zero-order chi connectivity index (χ0) is 13.4. The van der Waals surface area contributed by atoms with Gasteiger partial charge in [0.05, 0.1) is 0 Å². The van der Waals surface area contributed by atoms with Crippen LogP contribution in [0.1, 0.15) is 35.1 Å². The maximum Gasteiger partial charge on any atom is 0.124 e. The van der Waals surface area contributed by atoms with Crippen LogP contribution in [0.5, 0.6) is 0 Å². The summed E-state index contributed by atoms with van der Waals surface area (Å²) in [4.78, 5) is 0. The second kappa shape index (κ2) is 5.21. The Morgan fingerprint density at radius 1 is 1.26 bits per heavy atom. The largest absolute Gasteiger partial charge is 0.324 e. The van der Waals surface area contributed by atoms with Gasteiger partial charge in [0.2, 0.25) is 0 Å². The van der Waals surface area contributed by atoms with E-state index in [0.717, 1.165) is 22.0 Å². The van der Waals surface area contributed by atoms with Crippen molar-refractivity contribution in [2.45, 2.75) is 24.8 Å². The summed E-state index contributed by atoms with van der Waals surface area (Å²) in [5, 5.41) is 0. The second-order valence-electron chi connectivity index (χ2n) is 5.11. The maximum atomic E-state index is 13.1. The Morgan fingerprint density at radius 2 is 2.05 bits per heavy atom. The third-order valence-electron chi connectivity index (χ3n) is 3.86. The molecule has 0 aromatic heterocycles. The molecule has 3 rings (SSSR count). The van der Waals surface area contributed by atoms with Gasteiger partial charge in [0.1, 0.15) is 5.82 Å². The average molecular weight is 367 g/mol. The van der Waals surface area contributed by atoms with Crippen LogP contribution in [0.4, 0.5) is 4.39 Å². The van der Waals surface area contributed by atoms with Crippen LogP contribution in [0.15, 0.2) is 42.5 Å². The molecule has 0 radical (unpaired) electrons. The minimum atomic E-state index is -0.200. The molecule has 2 N–H and O–H groups in total. The Labute approximate surface area is 126 Å². The Bertz CT molecular complexity index is 611. The maximum absolute atomic E-state index is 13.1. The van der Waals surface area contributed by atoms with Crippen molar-refractivity contribution in [2.24, 2.45) is 5.73 Å². The van der Waals surface area contributed by atoms with E-state index in [9.17, 15) is 4.39 Å². The zero-order valence-electron chi connectivity index (χ0n) is 10.4. The third-order valence-corrected chi connectivity index (χ3v) is 4.80. The van der Waals surface area contributed by atoms with E-state index in [4.69, 9.17) is 5.73 Å².